The minimum Gasteiger partial charge on any atom is -0.308 e. The average Bonchev–Trinajstić information content (AvgIpc) is 2.64. The second-order valence-corrected chi connectivity index (χ2v) is 6.42. The van der Waals surface area contributed by atoms with Gasteiger partial charge in [-0.05, 0) is 55.8 Å². The Kier molecular flexibility index (Phi) is 5.80. The van der Waals surface area contributed by atoms with E-state index in [4.69, 9.17) is 0 Å². The Morgan fingerprint density at radius 1 is 0.923 bits per heavy atom. The largest absolute Gasteiger partial charge is 0.323 e. The molecule has 1 aliphatic rings. The van der Waals surface area contributed by atoms with Crippen LogP contribution in [0.4, 0.5) is 21.9 Å². The van der Waals surface area contributed by atoms with Crippen LogP contribution in [0.25, 0.3) is 0 Å². The van der Waals surface area contributed by atoms with Crippen LogP contribution in [0.2, 0.25) is 0 Å². The summed E-state index contributed by atoms with van der Waals surface area (Å²) >= 11 is 0. The number of nitrogens with one attached hydrogen (secondary N) is 2. The third-order valence-corrected chi connectivity index (χ3v) is 4.40. The maximum Gasteiger partial charge on any atom is 0.323 e. The summed E-state index contributed by atoms with van der Waals surface area (Å²) in [6.45, 7) is 3.24. The summed E-state index contributed by atoms with van der Waals surface area (Å²) in [7, 11) is 0. The minimum atomic E-state index is -0.477. The monoisotopic (exact) mass is 354 g/mol. The Labute approximate surface area is 152 Å². The number of benzene rings is 2. The number of nitro benzene ring substituents is 1. The molecule has 0 unspecified atom stereocenters. The van der Waals surface area contributed by atoms with Gasteiger partial charge in [0.15, 0.2) is 0 Å². The van der Waals surface area contributed by atoms with E-state index < -0.39 is 4.92 Å². The van der Waals surface area contributed by atoms with Crippen LogP contribution in [0.1, 0.15) is 24.8 Å². The predicted molar refractivity (Wildman–Crippen MR) is 101 cm³/mol. The number of carbonyl (C=O) groups is 1. The molecule has 0 aliphatic carbocycles. The standard InChI is InChI=1S/C19H22N4O3/c24-19(21-17-8-10-18(11-9-17)23(25)26)20-16-6-4-15(5-7-16)14-22-12-2-1-3-13-22/h4-11H,1-3,12-14H2,(H2,20,21,24). The van der Waals surface area contributed by atoms with Crippen LogP contribution >= 0.6 is 0 Å². The fraction of sp³-hybridized carbons (Fsp3) is 0.316. The molecule has 7 heteroatoms. The van der Waals surface area contributed by atoms with E-state index in [0.717, 1.165) is 19.6 Å². The van der Waals surface area contributed by atoms with E-state index in [-0.39, 0.29) is 11.7 Å². The van der Waals surface area contributed by atoms with Crippen molar-refractivity contribution >= 4 is 23.1 Å². The highest BCUT2D eigenvalue weighted by Crippen LogP contribution is 2.17. The predicted octanol–water partition coefficient (Wildman–Crippen LogP) is 4.22. The van der Waals surface area contributed by atoms with E-state index in [1.54, 1.807) is 0 Å². The number of urea groups is 1. The molecule has 0 atom stereocenters. The zero-order chi connectivity index (χ0) is 18.4. The SMILES string of the molecule is O=C(Nc1ccc(CN2CCCCC2)cc1)Nc1ccc([N+](=O)[O-])cc1. The van der Waals surface area contributed by atoms with Gasteiger partial charge in [-0.15, -0.1) is 0 Å². The second kappa shape index (κ2) is 8.44. The lowest BCUT2D eigenvalue weighted by molar-refractivity contribution is -0.384. The first kappa shape index (κ1) is 17.9. The maximum absolute atomic E-state index is 12.0. The highest BCUT2D eigenvalue weighted by Gasteiger charge is 2.10. The third kappa shape index (κ3) is 5.03. The van der Waals surface area contributed by atoms with Crippen LogP contribution in [-0.4, -0.2) is 28.9 Å². The highest BCUT2D eigenvalue weighted by atomic mass is 16.6. The van der Waals surface area contributed by atoms with Crippen molar-refractivity contribution in [2.24, 2.45) is 0 Å². The molecule has 0 radical (unpaired) electrons. The molecule has 1 heterocycles. The number of nitrogens with zero attached hydrogens (tertiary/aromatic N) is 2. The van der Waals surface area contributed by atoms with Crippen molar-refractivity contribution in [2.75, 3.05) is 23.7 Å². The van der Waals surface area contributed by atoms with Crippen molar-refractivity contribution in [1.82, 2.24) is 4.90 Å². The van der Waals surface area contributed by atoms with Gasteiger partial charge in [0.05, 0.1) is 4.92 Å². The maximum atomic E-state index is 12.0. The normalized spacial score (nSPS) is 14.6. The van der Waals surface area contributed by atoms with Gasteiger partial charge in [-0.25, -0.2) is 4.79 Å². The Balaban J connectivity index is 1.51. The topological polar surface area (TPSA) is 87.5 Å². The zero-order valence-corrected chi connectivity index (χ0v) is 14.5. The van der Waals surface area contributed by atoms with E-state index >= 15 is 0 Å². The van der Waals surface area contributed by atoms with Gasteiger partial charge in [0.1, 0.15) is 0 Å². The number of non-ortho nitro benzene ring substituents is 1. The van der Waals surface area contributed by atoms with Crippen molar-refractivity contribution < 1.29 is 9.72 Å². The molecule has 3 rings (SSSR count). The number of amides is 2. The van der Waals surface area contributed by atoms with Crippen LogP contribution in [0.3, 0.4) is 0 Å². The number of carbonyl (C=O) groups excluding carboxylic acids is 1. The van der Waals surface area contributed by atoms with E-state index in [1.807, 2.05) is 24.3 Å². The summed E-state index contributed by atoms with van der Waals surface area (Å²) < 4.78 is 0. The number of rotatable bonds is 5. The molecule has 0 bridgehead atoms. The number of piperidine rings is 1. The number of anilines is 2. The molecule has 1 saturated heterocycles. The fourth-order valence-electron chi connectivity index (χ4n) is 3.03. The number of likely N-dealkylation sites (tertiary alicyclic amines) is 1. The smallest absolute Gasteiger partial charge is 0.308 e. The molecular weight excluding hydrogens is 332 g/mol. The summed E-state index contributed by atoms with van der Waals surface area (Å²) in [4.78, 5) is 24.6. The van der Waals surface area contributed by atoms with Gasteiger partial charge in [0.2, 0.25) is 0 Å². The van der Waals surface area contributed by atoms with Crippen molar-refractivity contribution in [3.63, 3.8) is 0 Å². The molecule has 7 nitrogen and oxygen atoms in total. The van der Waals surface area contributed by atoms with Crippen molar-refractivity contribution in [2.45, 2.75) is 25.8 Å². The average molecular weight is 354 g/mol. The Morgan fingerprint density at radius 3 is 2.00 bits per heavy atom. The lowest BCUT2D eigenvalue weighted by Gasteiger charge is -2.26. The van der Waals surface area contributed by atoms with Gasteiger partial charge < -0.3 is 10.6 Å². The Morgan fingerprint density at radius 2 is 1.46 bits per heavy atom. The molecule has 2 aromatic rings. The number of nitro groups is 1. The third-order valence-electron chi connectivity index (χ3n) is 4.40. The minimum absolute atomic E-state index is 0.0137. The van der Waals surface area contributed by atoms with Crippen LogP contribution < -0.4 is 10.6 Å². The van der Waals surface area contributed by atoms with Crippen molar-refractivity contribution in [1.29, 1.82) is 0 Å². The lowest BCUT2D eigenvalue weighted by atomic mass is 10.1. The quantitative estimate of drug-likeness (QED) is 0.621. The van der Waals surface area contributed by atoms with Gasteiger partial charge in [-0.3, -0.25) is 15.0 Å². The van der Waals surface area contributed by atoms with E-state index in [2.05, 4.69) is 15.5 Å². The first-order valence-corrected chi connectivity index (χ1v) is 8.74. The second-order valence-electron chi connectivity index (χ2n) is 6.42. The molecule has 2 amide bonds. The molecule has 0 saturated carbocycles. The van der Waals surface area contributed by atoms with Crippen LogP contribution in [0.15, 0.2) is 48.5 Å². The van der Waals surface area contributed by atoms with E-state index in [9.17, 15) is 14.9 Å². The van der Waals surface area contributed by atoms with Gasteiger partial charge in [-0.2, -0.15) is 0 Å². The Bertz CT molecular complexity index is 753. The number of hydrogen-bond donors (Lipinski definition) is 2. The lowest BCUT2D eigenvalue weighted by Crippen LogP contribution is -2.29. The first-order valence-electron chi connectivity index (χ1n) is 8.74. The van der Waals surface area contributed by atoms with Crippen molar-refractivity contribution in [3.8, 4) is 0 Å². The molecule has 1 aliphatic heterocycles. The molecule has 0 spiro atoms. The molecular formula is C19H22N4O3. The molecule has 2 aromatic carbocycles. The fourth-order valence-corrected chi connectivity index (χ4v) is 3.03. The summed E-state index contributed by atoms with van der Waals surface area (Å²) in [5.41, 5.74) is 2.41. The zero-order valence-electron chi connectivity index (χ0n) is 14.5. The molecule has 136 valence electrons. The summed E-state index contributed by atoms with van der Waals surface area (Å²) in [6, 6.07) is 13.1. The molecule has 2 N–H and O–H groups in total. The molecule has 26 heavy (non-hydrogen) atoms. The summed E-state index contributed by atoms with van der Waals surface area (Å²) in [5.74, 6) is 0. The van der Waals surface area contributed by atoms with Crippen LogP contribution in [0, 0.1) is 10.1 Å². The first-order chi connectivity index (χ1) is 12.6. The van der Waals surface area contributed by atoms with Gasteiger partial charge >= 0.3 is 6.03 Å². The van der Waals surface area contributed by atoms with Gasteiger partial charge in [0.25, 0.3) is 5.69 Å². The summed E-state index contributed by atoms with van der Waals surface area (Å²) in [5, 5.41) is 16.0. The molecule has 1 fully saturated rings. The van der Waals surface area contributed by atoms with E-state index in [1.165, 1.54) is 49.1 Å². The van der Waals surface area contributed by atoms with Gasteiger partial charge in [0, 0.05) is 30.1 Å². The van der Waals surface area contributed by atoms with Crippen LogP contribution in [-0.2, 0) is 6.54 Å². The summed E-state index contributed by atoms with van der Waals surface area (Å²) in [6.07, 6.45) is 3.86. The van der Waals surface area contributed by atoms with Crippen molar-refractivity contribution in [3.05, 3.63) is 64.2 Å². The Hall–Kier alpha value is -2.93. The number of hydrogen-bond acceptors (Lipinski definition) is 4. The van der Waals surface area contributed by atoms with Crippen LogP contribution in [0.5, 0.6) is 0 Å². The molecule has 0 aromatic heterocycles. The highest BCUT2D eigenvalue weighted by molar-refractivity contribution is 5.99. The van der Waals surface area contributed by atoms with Gasteiger partial charge in [-0.1, -0.05) is 18.6 Å². The van der Waals surface area contributed by atoms with E-state index in [0.29, 0.717) is 11.4 Å².